The highest BCUT2D eigenvalue weighted by molar-refractivity contribution is 6.29. The van der Waals surface area contributed by atoms with Crippen molar-refractivity contribution < 1.29 is 64.3 Å². The zero-order valence-corrected chi connectivity index (χ0v) is 19.7. The van der Waals surface area contributed by atoms with Gasteiger partial charge in [0.05, 0.1) is 18.8 Å². The second kappa shape index (κ2) is 10.3. The van der Waals surface area contributed by atoms with Crippen LogP contribution in [0.25, 0.3) is 0 Å². The molecule has 2 heterocycles. The molecule has 0 unspecified atom stereocenters. The van der Waals surface area contributed by atoms with Gasteiger partial charge in [0.1, 0.15) is 42.7 Å². The van der Waals surface area contributed by atoms with Crippen molar-refractivity contribution in [2.45, 2.75) is 55.3 Å². The molecule has 2 aromatic carbocycles. The van der Waals surface area contributed by atoms with Crippen LogP contribution in [0.3, 0.4) is 0 Å². The highest BCUT2D eigenvalue weighted by Crippen LogP contribution is 2.40. The van der Waals surface area contributed by atoms with Crippen LogP contribution in [0.1, 0.15) is 31.8 Å². The molecule has 0 bridgehead atoms. The van der Waals surface area contributed by atoms with E-state index in [2.05, 4.69) is 0 Å². The molecule has 13 nitrogen and oxygen atoms in total. The summed E-state index contributed by atoms with van der Waals surface area (Å²) < 4.78 is 21.6. The first kappa shape index (κ1) is 26.6. The van der Waals surface area contributed by atoms with Crippen LogP contribution >= 0.6 is 0 Å². The number of carbonyl (C=O) groups excluding carboxylic acids is 2. The van der Waals surface area contributed by atoms with Gasteiger partial charge < -0.3 is 54.7 Å². The van der Waals surface area contributed by atoms with Crippen molar-refractivity contribution in [1.82, 2.24) is 0 Å². The smallest absolute Gasteiger partial charge is 0.229 e. The van der Waals surface area contributed by atoms with E-state index in [4.69, 9.17) is 18.9 Å². The second-order valence-corrected chi connectivity index (χ2v) is 9.25. The summed E-state index contributed by atoms with van der Waals surface area (Å²) in [4.78, 5) is 25.9. The molecule has 7 N–H and O–H groups in total. The number of ether oxygens (including phenoxy) is 4. The monoisotopic (exact) mass is 534 g/mol. The second-order valence-electron chi connectivity index (χ2n) is 9.25. The molecular weight excluding hydrogens is 508 g/mol. The Morgan fingerprint density at radius 1 is 0.763 bits per heavy atom. The Hall–Kier alpha value is -2.98. The highest BCUT2D eigenvalue weighted by Gasteiger charge is 2.47. The topological polar surface area (TPSA) is 213 Å². The number of fused-ring (bicyclic) bond motifs is 2. The predicted octanol–water partition coefficient (Wildman–Crippen LogP) is -2.19. The fourth-order valence-corrected chi connectivity index (χ4v) is 4.64. The Labute approximate surface area is 215 Å². The minimum atomic E-state index is -1.80. The van der Waals surface area contributed by atoms with E-state index in [1.54, 1.807) is 12.1 Å². The molecule has 0 spiro atoms. The van der Waals surface area contributed by atoms with E-state index in [1.165, 1.54) is 24.3 Å². The summed E-state index contributed by atoms with van der Waals surface area (Å²) in [5, 5.41) is 71.3. The number of benzene rings is 2. The van der Waals surface area contributed by atoms with E-state index in [0.717, 1.165) is 0 Å². The van der Waals surface area contributed by atoms with Gasteiger partial charge in [-0.3, -0.25) is 9.59 Å². The Balaban J connectivity index is 1.33. The van der Waals surface area contributed by atoms with Crippen LogP contribution < -0.4 is 4.74 Å². The normalized spacial score (nSPS) is 34.9. The van der Waals surface area contributed by atoms with Crippen LogP contribution in [0, 0.1) is 0 Å². The molecule has 13 heteroatoms. The first-order valence-electron chi connectivity index (χ1n) is 11.8. The molecule has 0 radical (unpaired) electrons. The van der Waals surface area contributed by atoms with E-state index >= 15 is 0 Å². The SMILES string of the molecule is O=C1c2ccccc2C(=O)c2c1ccc(O[C@H]1O[C@@H](CO[C@@H]3OC[C@@H](O)[C@H](O)[C@H]3O)[C@H](O)[C@@H](O)[C@@H]1O)c2O. The fraction of sp³-hybridized carbons (Fsp3) is 0.440. The van der Waals surface area contributed by atoms with E-state index in [9.17, 15) is 45.3 Å². The third-order valence-electron chi connectivity index (χ3n) is 6.82. The fourth-order valence-electron chi connectivity index (χ4n) is 4.64. The Bertz CT molecular complexity index is 1230. The number of aliphatic hydroxyl groups is 6. The highest BCUT2D eigenvalue weighted by atomic mass is 16.7. The lowest BCUT2D eigenvalue weighted by Crippen LogP contribution is -2.61. The quantitative estimate of drug-likeness (QED) is 0.186. The van der Waals surface area contributed by atoms with Gasteiger partial charge >= 0.3 is 0 Å². The minimum Gasteiger partial charge on any atom is -0.504 e. The average molecular weight is 534 g/mol. The molecule has 2 aromatic rings. The number of carbonyl (C=O) groups is 2. The molecule has 38 heavy (non-hydrogen) atoms. The van der Waals surface area contributed by atoms with Gasteiger partial charge in [0, 0.05) is 16.7 Å². The number of hydrogen-bond donors (Lipinski definition) is 7. The number of aliphatic hydroxyl groups excluding tert-OH is 6. The molecule has 0 aromatic heterocycles. The number of rotatable bonds is 5. The van der Waals surface area contributed by atoms with E-state index in [0.29, 0.717) is 0 Å². The molecule has 204 valence electrons. The van der Waals surface area contributed by atoms with Gasteiger partial charge in [-0.15, -0.1) is 0 Å². The summed E-state index contributed by atoms with van der Waals surface area (Å²) in [6.45, 7) is -0.831. The first-order chi connectivity index (χ1) is 18.1. The molecule has 9 atom stereocenters. The molecule has 0 amide bonds. The average Bonchev–Trinajstić information content (AvgIpc) is 2.91. The molecule has 5 rings (SSSR count). The predicted molar refractivity (Wildman–Crippen MR) is 122 cm³/mol. The lowest BCUT2D eigenvalue weighted by Gasteiger charge is -2.41. The standard InChI is InChI=1S/C25H26O13/c26-12-7-35-24(22(33)18(12)29)36-8-14-20(31)21(32)23(34)25(38-14)37-13-6-5-11-15(19(13)30)17(28)10-4-2-1-3-9(10)16(11)27/h1-6,12,14,18,20-26,29-34H,7-8H2/t12-,14+,18+,20+,21-,22-,23+,24+,25+/m1/s1. The van der Waals surface area contributed by atoms with Gasteiger partial charge in [0.2, 0.25) is 6.29 Å². The molecule has 1 aliphatic carbocycles. The third kappa shape index (κ3) is 4.47. The maximum Gasteiger partial charge on any atom is 0.229 e. The van der Waals surface area contributed by atoms with E-state index in [1.807, 2.05) is 0 Å². The lowest BCUT2D eigenvalue weighted by atomic mass is 9.83. The maximum absolute atomic E-state index is 13.0. The van der Waals surface area contributed by atoms with E-state index < -0.39 is 79.2 Å². The minimum absolute atomic E-state index is 0.0382. The van der Waals surface area contributed by atoms with Crippen LogP contribution in [0.15, 0.2) is 36.4 Å². The van der Waals surface area contributed by atoms with Gasteiger partial charge in [-0.05, 0) is 12.1 Å². The Kier molecular flexibility index (Phi) is 7.21. The summed E-state index contributed by atoms with van der Waals surface area (Å²) in [5.74, 6) is -2.08. The Morgan fingerprint density at radius 3 is 2.13 bits per heavy atom. The largest absolute Gasteiger partial charge is 0.504 e. The van der Waals surface area contributed by atoms with Crippen LogP contribution in [0.5, 0.6) is 11.5 Å². The van der Waals surface area contributed by atoms with Gasteiger partial charge in [-0.2, -0.15) is 0 Å². The van der Waals surface area contributed by atoms with Crippen molar-refractivity contribution in [2.75, 3.05) is 13.2 Å². The zero-order valence-electron chi connectivity index (χ0n) is 19.7. The first-order valence-corrected chi connectivity index (χ1v) is 11.8. The number of hydrogen-bond acceptors (Lipinski definition) is 13. The lowest BCUT2D eigenvalue weighted by molar-refractivity contribution is -0.307. The van der Waals surface area contributed by atoms with Crippen molar-refractivity contribution in [3.8, 4) is 11.5 Å². The Morgan fingerprint density at radius 2 is 1.42 bits per heavy atom. The summed E-state index contributed by atoms with van der Waals surface area (Å²) in [6, 6.07) is 8.62. The summed E-state index contributed by atoms with van der Waals surface area (Å²) in [7, 11) is 0. The number of phenolic OH excluding ortho intramolecular Hbond substituents is 1. The van der Waals surface area contributed by atoms with Gasteiger partial charge in [0.15, 0.2) is 29.4 Å². The summed E-state index contributed by atoms with van der Waals surface area (Å²) >= 11 is 0. The summed E-state index contributed by atoms with van der Waals surface area (Å²) in [5.41, 5.74) is -0.0325. The molecule has 0 saturated carbocycles. The van der Waals surface area contributed by atoms with Crippen LogP contribution in [-0.4, -0.2) is 116 Å². The molecule has 2 fully saturated rings. The molecule has 2 saturated heterocycles. The molecule has 3 aliphatic rings. The van der Waals surface area contributed by atoms with Crippen molar-refractivity contribution in [3.05, 3.63) is 58.7 Å². The van der Waals surface area contributed by atoms with Crippen molar-refractivity contribution >= 4 is 11.6 Å². The van der Waals surface area contributed by atoms with Crippen molar-refractivity contribution in [2.24, 2.45) is 0 Å². The molecular formula is C25H26O13. The number of aromatic hydroxyl groups is 1. The van der Waals surface area contributed by atoms with Gasteiger partial charge in [0.25, 0.3) is 0 Å². The zero-order chi connectivity index (χ0) is 27.3. The van der Waals surface area contributed by atoms with Crippen LogP contribution in [0.2, 0.25) is 0 Å². The van der Waals surface area contributed by atoms with Crippen LogP contribution in [0.4, 0.5) is 0 Å². The van der Waals surface area contributed by atoms with E-state index in [-0.39, 0.29) is 34.6 Å². The van der Waals surface area contributed by atoms with Crippen molar-refractivity contribution in [3.63, 3.8) is 0 Å². The number of ketones is 2. The van der Waals surface area contributed by atoms with Crippen LogP contribution in [-0.2, 0) is 14.2 Å². The maximum atomic E-state index is 13.0. The number of phenols is 1. The third-order valence-corrected chi connectivity index (χ3v) is 6.82. The summed E-state index contributed by atoms with van der Waals surface area (Å²) in [6.07, 6.45) is -14.1. The van der Waals surface area contributed by atoms with Gasteiger partial charge in [-0.25, -0.2) is 0 Å². The van der Waals surface area contributed by atoms with Crippen molar-refractivity contribution in [1.29, 1.82) is 0 Å². The van der Waals surface area contributed by atoms with Gasteiger partial charge in [-0.1, -0.05) is 24.3 Å². The molecule has 2 aliphatic heterocycles.